The van der Waals surface area contributed by atoms with E-state index in [1.165, 1.54) is 17.0 Å². The van der Waals surface area contributed by atoms with Gasteiger partial charge in [-0.15, -0.1) is 11.3 Å². The van der Waals surface area contributed by atoms with Gasteiger partial charge in [-0.3, -0.25) is 10.1 Å². The topological polar surface area (TPSA) is 70.2 Å². The molecule has 5 nitrogen and oxygen atoms in total. The third-order valence-electron chi connectivity index (χ3n) is 3.51. The minimum absolute atomic E-state index is 0.0397. The quantitative estimate of drug-likeness (QED) is 0.623. The highest BCUT2D eigenvalue weighted by Gasteiger charge is 2.31. The Hall–Kier alpha value is -2.39. The van der Waals surface area contributed by atoms with E-state index in [0.717, 1.165) is 25.1 Å². The molecular formula is C15H13N3O2S. The van der Waals surface area contributed by atoms with Gasteiger partial charge in [0.2, 0.25) is 0 Å². The summed E-state index contributed by atoms with van der Waals surface area (Å²) < 4.78 is 0. The molecule has 2 aromatic rings. The van der Waals surface area contributed by atoms with E-state index in [0.29, 0.717) is 11.6 Å². The molecule has 0 aliphatic heterocycles. The van der Waals surface area contributed by atoms with Gasteiger partial charge in [-0.05, 0) is 30.4 Å². The van der Waals surface area contributed by atoms with Gasteiger partial charge in [0.05, 0.1) is 22.7 Å². The Bertz CT molecular complexity index is 702. The lowest BCUT2D eigenvalue weighted by Crippen LogP contribution is -2.25. The molecule has 0 radical (unpaired) electrons. The molecule has 1 aliphatic rings. The van der Waals surface area contributed by atoms with E-state index >= 15 is 0 Å². The second-order valence-corrected chi connectivity index (χ2v) is 6.04. The molecule has 21 heavy (non-hydrogen) atoms. The van der Waals surface area contributed by atoms with Crippen molar-refractivity contribution in [2.24, 2.45) is 0 Å². The molecule has 0 saturated heterocycles. The predicted octanol–water partition coefficient (Wildman–Crippen LogP) is 3.70. The van der Waals surface area contributed by atoms with Crippen LogP contribution in [0.3, 0.4) is 0 Å². The average Bonchev–Trinajstić information content (AvgIpc) is 3.21. The summed E-state index contributed by atoms with van der Waals surface area (Å²) >= 11 is 1.68. The number of anilines is 1. The molecule has 1 aromatic carbocycles. The van der Waals surface area contributed by atoms with Crippen molar-refractivity contribution in [3.63, 3.8) is 0 Å². The maximum absolute atomic E-state index is 10.8. The first kappa shape index (κ1) is 13.6. The Labute approximate surface area is 126 Å². The summed E-state index contributed by atoms with van der Waals surface area (Å²) in [7, 11) is 0. The summed E-state index contributed by atoms with van der Waals surface area (Å²) in [6.45, 7) is 0.745. The van der Waals surface area contributed by atoms with E-state index in [-0.39, 0.29) is 5.69 Å². The number of rotatable bonds is 5. The van der Waals surface area contributed by atoms with Crippen molar-refractivity contribution in [3.05, 3.63) is 56.3 Å². The molecule has 1 fully saturated rings. The van der Waals surface area contributed by atoms with Gasteiger partial charge in [-0.25, -0.2) is 0 Å². The first-order chi connectivity index (χ1) is 10.2. The number of nitriles is 1. The van der Waals surface area contributed by atoms with Crippen molar-refractivity contribution < 1.29 is 4.92 Å². The molecule has 0 unspecified atom stereocenters. The van der Waals surface area contributed by atoms with E-state index < -0.39 is 4.92 Å². The second kappa shape index (κ2) is 5.54. The van der Waals surface area contributed by atoms with Gasteiger partial charge in [0.1, 0.15) is 6.07 Å². The van der Waals surface area contributed by atoms with Gasteiger partial charge in [0.25, 0.3) is 5.69 Å². The van der Waals surface area contributed by atoms with Crippen LogP contribution in [0, 0.1) is 21.4 Å². The van der Waals surface area contributed by atoms with E-state index in [2.05, 4.69) is 17.0 Å². The van der Waals surface area contributed by atoms with Crippen molar-refractivity contribution in [2.45, 2.75) is 25.4 Å². The maximum Gasteiger partial charge on any atom is 0.270 e. The molecule has 106 valence electrons. The minimum atomic E-state index is -0.467. The Kier molecular flexibility index (Phi) is 3.59. The largest absolute Gasteiger partial charge is 0.362 e. The molecule has 0 amide bonds. The van der Waals surface area contributed by atoms with Crippen molar-refractivity contribution in [1.29, 1.82) is 5.26 Å². The lowest BCUT2D eigenvalue weighted by Gasteiger charge is -2.25. The normalized spacial score (nSPS) is 13.7. The van der Waals surface area contributed by atoms with Crippen molar-refractivity contribution in [2.75, 3.05) is 4.90 Å². The van der Waals surface area contributed by atoms with Crippen LogP contribution >= 0.6 is 11.3 Å². The molecule has 6 heteroatoms. The lowest BCUT2D eigenvalue weighted by molar-refractivity contribution is -0.384. The number of nitro benzene ring substituents is 1. The molecular weight excluding hydrogens is 286 g/mol. The van der Waals surface area contributed by atoms with Crippen LogP contribution in [0.5, 0.6) is 0 Å². The van der Waals surface area contributed by atoms with Crippen LogP contribution in [0.4, 0.5) is 11.4 Å². The second-order valence-electron chi connectivity index (χ2n) is 5.01. The fourth-order valence-electron chi connectivity index (χ4n) is 2.35. The molecule has 0 bridgehead atoms. The number of nitrogens with zero attached hydrogens (tertiary/aromatic N) is 3. The zero-order valence-corrected chi connectivity index (χ0v) is 12.0. The van der Waals surface area contributed by atoms with Gasteiger partial charge in [0, 0.05) is 23.1 Å². The molecule has 0 atom stereocenters. The molecule has 0 spiro atoms. The van der Waals surface area contributed by atoms with Crippen LogP contribution in [0.25, 0.3) is 0 Å². The van der Waals surface area contributed by atoms with Crippen molar-refractivity contribution in [1.82, 2.24) is 0 Å². The highest BCUT2D eigenvalue weighted by atomic mass is 32.1. The number of non-ortho nitro benzene ring substituents is 1. The Morgan fingerprint density at radius 2 is 2.24 bits per heavy atom. The third kappa shape index (κ3) is 2.88. The van der Waals surface area contributed by atoms with Crippen LogP contribution in [0.2, 0.25) is 0 Å². The predicted molar refractivity (Wildman–Crippen MR) is 81.3 cm³/mol. The number of thiophene rings is 1. The standard InChI is InChI=1S/C15H13N3O2S/c16-9-11-8-13(18(19)20)5-6-15(11)17(12-3-4-12)10-14-2-1-7-21-14/h1-2,5-8,12H,3-4,10H2. The average molecular weight is 299 g/mol. The minimum Gasteiger partial charge on any atom is -0.362 e. The van der Waals surface area contributed by atoms with Gasteiger partial charge >= 0.3 is 0 Å². The summed E-state index contributed by atoms with van der Waals surface area (Å²) in [5, 5.41) is 22.2. The van der Waals surface area contributed by atoms with E-state index in [4.69, 9.17) is 0 Å². The fraction of sp³-hybridized carbons (Fsp3) is 0.267. The highest BCUT2D eigenvalue weighted by Crippen LogP contribution is 2.36. The lowest BCUT2D eigenvalue weighted by atomic mass is 10.1. The summed E-state index contributed by atoms with van der Waals surface area (Å²) in [6, 6.07) is 11.1. The van der Waals surface area contributed by atoms with Gasteiger partial charge in [0.15, 0.2) is 0 Å². The summed E-state index contributed by atoms with van der Waals surface area (Å²) in [6.07, 6.45) is 2.21. The number of nitro groups is 1. The zero-order valence-electron chi connectivity index (χ0n) is 11.2. The molecule has 1 heterocycles. The fourth-order valence-corrected chi connectivity index (χ4v) is 3.05. The number of hydrogen-bond donors (Lipinski definition) is 0. The van der Waals surface area contributed by atoms with Gasteiger partial charge < -0.3 is 4.90 Å². The van der Waals surface area contributed by atoms with Crippen molar-refractivity contribution >= 4 is 22.7 Å². The zero-order chi connectivity index (χ0) is 14.8. The van der Waals surface area contributed by atoms with E-state index in [9.17, 15) is 15.4 Å². The van der Waals surface area contributed by atoms with Crippen LogP contribution < -0.4 is 4.90 Å². The molecule has 0 N–H and O–H groups in total. The Morgan fingerprint density at radius 1 is 1.43 bits per heavy atom. The Morgan fingerprint density at radius 3 is 2.81 bits per heavy atom. The molecule has 3 rings (SSSR count). The first-order valence-corrected chi connectivity index (χ1v) is 7.54. The summed E-state index contributed by atoms with van der Waals surface area (Å²) in [4.78, 5) is 13.8. The third-order valence-corrected chi connectivity index (χ3v) is 4.38. The van der Waals surface area contributed by atoms with Crippen LogP contribution in [-0.2, 0) is 6.54 Å². The van der Waals surface area contributed by atoms with Crippen LogP contribution in [0.15, 0.2) is 35.7 Å². The van der Waals surface area contributed by atoms with E-state index in [1.54, 1.807) is 17.4 Å². The first-order valence-electron chi connectivity index (χ1n) is 6.66. The monoisotopic (exact) mass is 299 g/mol. The molecule has 1 aromatic heterocycles. The number of benzene rings is 1. The Balaban J connectivity index is 1.95. The van der Waals surface area contributed by atoms with E-state index in [1.807, 2.05) is 11.4 Å². The van der Waals surface area contributed by atoms with Crippen LogP contribution in [-0.4, -0.2) is 11.0 Å². The number of hydrogen-bond acceptors (Lipinski definition) is 5. The van der Waals surface area contributed by atoms with Gasteiger partial charge in [-0.1, -0.05) is 6.07 Å². The molecule has 1 saturated carbocycles. The van der Waals surface area contributed by atoms with Crippen LogP contribution in [0.1, 0.15) is 23.3 Å². The highest BCUT2D eigenvalue weighted by molar-refractivity contribution is 7.09. The van der Waals surface area contributed by atoms with Gasteiger partial charge in [-0.2, -0.15) is 5.26 Å². The summed E-state index contributed by atoms with van der Waals surface area (Å²) in [5.74, 6) is 0. The van der Waals surface area contributed by atoms with Crippen molar-refractivity contribution in [3.8, 4) is 6.07 Å². The summed E-state index contributed by atoms with van der Waals surface area (Å²) in [5.41, 5.74) is 1.12. The molecule has 1 aliphatic carbocycles. The maximum atomic E-state index is 10.8. The SMILES string of the molecule is N#Cc1cc([N+](=O)[O-])ccc1N(Cc1cccs1)C1CC1. The smallest absolute Gasteiger partial charge is 0.270 e.